The molecule has 1 aromatic rings. The Labute approximate surface area is 80.3 Å². The molecule has 0 heteroatoms. The van der Waals surface area contributed by atoms with Gasteiger partial charge in [0.2, 0.25) is 0 Å². The van der Waals surface area contributed by atoms with Crippen LogP contribution in [0.25, 0.3) is 0 Å². The smallest absolute Gasteiger partial charge is 0.0267 e. The van der Waals surface area contributed by atoms with Crippen LogP contribution in [0.5, 0.6) is 0 Å². The maximum atomic E-state index is 3.61. The minimum atomic E-state index is 0.800. The van der Waals surface area contributed by atoms with Crippen molar-refractivity contribution >= 4 is 0 Å². The molecule has 0 bridgehead atoms. The Morgan fingerprint density at radius 2 is 1.92 bits per heavy atom. The van der Waals surface area contributed by atoms with Crippen molar-refractivity contribution in [2.75, 3.05) is 0 Å². The Balaban J connectivity index is 2.29. The zero-order valence-corrected chi connectivity index (χ0v) is 7.79. The first kappa shape index (κ1) is 9.61. The minimum Gasteiger partial charge on any atom is -0.103 e. The van der Waals surface area contributed by atoms with Crippen molar-refractivity contribution in [3.8, 4) is 11.8 Å². The van der Waals surface area contributed by atoms with Crippen molar-refractivity contribution in [2.24, 2.45) is 0 Å². The molecule has 0 fully saturated rings. The van der Waals surface area contributed by atoms with Crippen LogP contribution in [0.4, 0.5) is 0 Å². The molecule has 0 nitrogen and oxygen atoms in total. The zero-order valence-electron chi connectivity index (χ0n) is 7.79. The molecular formula is C13H14. The van der Waals surface area contributed by atoms with E-state index in [4.69, 9.17) is 0 Å². The zero-order chi connectivity index (χ0) is 9.36. The molecule has 0 aliphatic carbocycles. The maximum Gasteiger partial charge on any atom is 0.0267 e. The molecule has 0 amide bonds. The van der Waals surface area contributed by atoms with Gasteiger partial charge in [-0.05, 0) is 12.0 Å². The lowest BCUT2D eigenvalue weighted by Gasteiger charge is -1.94. The molecule has 0 heterocycles. The van der Waals surface area contributed by atoms with E-state index in [0.717, 1.165) is 19.3 Å². The van der Waals surface area contributed by atoms with Crippen LogP contribution in [0.15, 0.2) is 43.0 Å². The molecule has 1 aromatic carbocycles. The van der Waals surface area contributed by atoms with Gasteiger partial charge in [0, 0.05) is 12.8 Å². The second-order valence-electron chi connectivity index (χ2n) is 2.83. The summed E-state index contributed by atoms with van der Waals surface area (Å²) in [6.07, 6.45) is 4.62. The quantitative estimate of drug-likeness (QED) is 0.482. The molecule has 0 N–H and O–H groups in total. The summed E-state index contributed by atoms with van der Waals surface area (Å²) in [5.41, 5.74) is 1.36. The summed E-state index contributed by atoms with van der Waals surface area (Å²) in [5, 5.41) is 0. The molecule has 0 radical (unpaired) electrons. The maximum absolute atomic E-state index is 3.61. The first-order valence-electron chi connectivity index (χ1n) is 4.54. The third-order valence-electron chi connectivity index (χ3n) is 1.75. The second kappa shape index (κ2) is 6.08. The van der Waals surface area contributed by atoms with Crippen LogP contribution in [0.3, 0.4) is 0 Å². The Morgan fingerprint density at radius 3 is 2.62 bits per heavy atom. The molecule has 0 unspecified atom stereocenters. The number of allylic oxidation sites excluding steroid dienone is 1. The lowest BCUT2D eigenvalue weighted by molar-refractivity contribution is 1.03. The van der Waals surface area contributed by atoms with E-state index in [1.807, 2.05) is 12.1 Å². The average molecular weight is 170 g/mol. The first-order valence-corrected chi connectivity index (χ1v) is 4.54. The molecular weight excluding hydrogens is 156 g/mol. The summed E-state index contributed by atoms with van der Waals surface area (Å²) in [7, 11) is 0. The fourth-order valence-corrected chi connectivity index (χ4v) is 1.08. The second-order valence-corrected chi connectivity index (χ2v) is 2.83. The third kappa shape index (κ3) is 4.18. The monoisotopic (exact) mass is 170 g/mol. The van der Waals surface area contributed by atoms with Crippen LogP contribution in [-0.4, -0.2) is 0 Å². The van der Waals surface area contributed by atoms with Gasteiger partial charge in [-0.3, -0.25) is 0 Å². The highest BCUT2D eigenvalue weighted by Crippen LogP contribution is 2.01. The normalized spacial score (nSPS) is 8.62. The predicted octanol–water partition coefficient (Wildman–Crippen LogP) is 3.20. The van der Waals surface area contributed by atoms with Crippen molar-refractivity contribution < 1.29 is 0 Å². The fourth-order valence-electron chi connectivity index (χ4n) is 1.08. The highest BCUT2D eigenvalue weighted by molar-refractivity contribution is 5.16. The van der Waals surface area contributed by atoms with Gasteiger partial charge in [-0.15, -0.1) is 12.5 Å². The largest absolute Gasteiger partial charge is 0.103 e. The van der Waals surface area contributed by atoms with Gasteiger partial charge in [-0.1, -0.05) is 42.3 Å². The van der Waals surface area contributed by atoms with Gasteiger partial charge in [-0.2, -0.15) is 0 Å². The van der Waals surface area contributed by atoms with Gasteiger partial charge in [0.05, 0.1) is 0 Å². The Kier molecular flexibility index (Phi) is 4.49. The summed E-state index contributed by atoms with van der Waals surface area (Å²) >= 11 is 0. The minimum absolute atomic E-state index is 0.800. The van der Waals surface area contributed by atoms with E-state index in [2.05, 4.69) is 42.7 Å². The van der Waals surface area contributed by atoms with Gasteiger partial charge in [-0.25, -0.2) is 0 Å². The Bertz CT molecular complexity index is 298. The Hall–Kier alpha value is -1.48. The molecule has 0 atom stereocenters. The molecule has 0 aliphatic heterocycles. The SMILES string of the molecule is C=CCC#CCCc1ccccc1. The molecule has 0 aliphatic rings. The molecule has 0 spiro atoms. The van der Waals surface area contributed by atoms with Crippen molar-refractivity contribution in [1.82, 2.24) is 0 Å². The average Bonchev–Trinajstić information content (AvgIpc) is 2.19. The third-order valence-corrected chi connectivity index (χ3v) is 1.75. The van der Waals surface area contributed by atoms with Gasteiger partial charge < -0.3 is 0 Å². The van der Waals surface area contributed by atoms with Crippen LogP contribution in [0.1, 0.15) is 18.4 Å². The van der Waals surface area contributed by atoms with E-state index in [0.29, 0.717) is 0 Å². The predicted molar refractivity (Wildman–Crippen MR) is 57.4 cm³/mol. The molecule has 66 valence electrons. The van der Waals surface area contributed by atoms with Crippen LogP contribution in [0, 0.1) is 11.8 Å². The summed E-state index contributed by atoms with van der Waals surface area (Å²) < 4.78 is 0. The highest BCUT2D eigenvalue weighted by atomic mass is 13.9. The summed E-state index contributed by atoms with van der Waals surface area (Å²) in [6.45, 7) is 3.61. The van der Waals surface area contributed by atoms with Crippen molar-refractivity contribution in [3.63, 3.8) is 0 Å². The number of hydrogen-bond donors (Lipinski definition) is 0. The first-order chi connectivity index (χ1) is 6.43. The van der Waals surface area contributed by atoms with Crippen molar-refractivity contribution in [2.45, 2.75) is 19.3 Å². The number of aryl methyl sites for hydroxylation is 1. The number of hydrogen-bond acceptors (Lipinski definition) is 0. The highest BCUT2D eigenvalue weighted by Gasteiger charge is 1.86. The standard InChI is InChI=1S/C13H14/c1-2-3-4-5-7-10-13-11-8-6-9-12-13/h2,6,8-9,11-12H,1,3,7,10H2. The molecule has 0 saturated carbocycles. The molecule has 13 heavy (non-hydrogen) atoms. The lowest BCUT2D eigenvalue weighted by atomic mass is 10.1. The number of rotatable bonds is 3. The van der Waals surface area contributed by atoms with Crippen molar-refractivity contribution in [1.29, 1.82) is 0 Å². The summed E-state index contributed by atoms with van der Waals surface area (Å²) in [6, 6.07) is 10.4. The lowest BCUT2D eigenvalue weighted by Crippen LogP contribution is -1.81. The summed E-state index contributed by atoms with van der Waals surface area (Å²) in [5.74, 6) is 6.15. The van der Waals surface area contributed by atoms with E-state index in [1.165, 1.54) is 5.56 Å². The van der Waals surface area contributed by atoms with Crippen LogP contribution >= 0.6 is 0 Å². The molecule has 1 rings (SSSR count). The van der Waals surface area contributed by atoms with Crippen LogP contribution in [-0.2, 0) is 6.42 Å². The fraction of sp³-hybridized carbons (Fsp3) is 0.231. The van der Waals surface area contributed by atoms with Gasteiger partial charge in [0.1, 0.15) is 0 Å². The van der Waals surface area contributed by atoms with E-state index in [1.54, 1.807) is 0 Å². The van der Waals surface area contributed by atoms with Crippen molar-refractivity contribution in [3.05, 3.63) is 48.6 Å². The van der Waals surface area contributed by atoms with E-state index < -0.39 is 0 Å². The molecule has 0 aromatic heterocycles. The van der Waals surface area contributed by atoms with Gasteiger partial charge >= 0.3 is 0 Å². The topological polar surface area (TPSA) is 0 Å². The number of benzene rings is 1. The molecule has 0 saturated heterocycles. The van der Waals surface area contributed by atoms with E-state index >= 15 is 0 Å². The van der Waals surface area contributed by atoms with Gasteiger partial charge in [0.15, 0.2) is 0 Å². The van der Waals surface area contributed by atoms with E-state index in [9.17, 15) is 0 Å². The van der Waals surface area contributed by atoms with E-state index in [-0.39, 0.29) is 0 Å². The van der Waals surface area contributed by atoms with Gasteiger partial charge in [0.25, 0.3) is 0 Å². The van der Waals surface area contributed by atoms with Crippen LogP contribution in [0.2, 0.25) is 0 Å². The van der Waals surface area contributed by atoms with Crippen LogP contribution < -0.4 is 0 Å². The summed E-state index contributed by atoms with van der Waals surface area (Å²) in [4.78, 5) is 0. The Morgan fingerprint density at radius 1 is 1.15 bits per heavy atom.